The minimum Gasteiger partial charge on any atom is -0.326 e. The van der Waals surface area contributed by atoms with Gasteiger partial charge in [-0.1, -0.05) is 6.92 Å². The van der Waals surface area contributed by atoms with Gasteiger partial charge in [-0.15, -0.1) is 12.4 Å². The summed E-state index contributed by atoms with van der Waals surface area (Å²) in [4.78, 5) is 2.45. The van der Waals surface area contributed by atoms with Crippen LogP contribution in [0.5, 0.6) is 0 Å². The Morgan fingerprint density at radius 2 is 2.00 bits per heavy atom. The Balaban J connectivity index is 0.00000162. The van der Waals surface area contributed by atoms with Crippen LogP contribution in [0.15, 0.2) is 0 Å². The highest BCUT2D eigenvalue weighted by Crippen LogP contribution is 2.21. The lowest BCUT2D eigenvalue weighted by Gasteiger charge is -2.15. The molecule has 0 aliphatic carbocycles. The molecule has 1 aromatic heterocycles. The molecule has 2 atom stereocenters. The van der Waals surface area contributed by atoms with Crippen molar-refractivity contribution in [2.75, 3.05) is 13.1 Å². The molecule has 2 unspecified atom stereocenters. The maximum absolute atomic E-state index is 6.07. The van der Waals surface area contributed by atoms with E-state index < -0.39 is 0 Å². The second kappa shape index (κ2) is 6.04. The predicted octanol–water partition coefficient (Wildman–Crippen LogP) is 1.72. The molecule has 18 heavy (non-hydrogen) atoms. The molecule has 4 nitrogen and oxygen atoms in total. The van der Waals surface area contributed by atoms with Crippen molar-refractivity contribution in [3.05, 3.63) is 17.0 Å². The van der Waals surface area contributed by atoms with Gasteiger partial charge in [0.15, 0.2) is 0 Å². The molecule has 2 N–H and O–H groups in total. The molecule has 1 aliphatic heterocycles. The van der Waals surface area contributed by atoms with Crippen LogP contribution in [-0.2, 0) is 13.1 Å². The Kier molecular flexibility index (Phi) is 5.20. The molecule has 104 valence electrons. The van der Waals surface area contributed by atoms with Gasteiger partial charge < -0.3 is 5.73 Å². The maximum atomic E-state index is 6.07. The first-order valence-corrected chi connectivity index (χ1v) is 6.53. The van der Waals surface area contributed by atoms with E-state index in [0.29, 0.717) is 12.0 Å². The molecule has 0 aromatic carbocycles. The van der Waals surface area contributed by atoms with Crippen molar-refractivity contribution in [2.24, 2.45) is 11.7 Å². The van der Waals surface area contributed by atoms with E-state index in [1.54, 1.807) is 0 Å². The molecule has 1 aromatic rings. The van der Waals surface area contributed by atoms with Gasteiger partial charge in [-0.05, 0) is 26.7 Å². The van der Waals surface area contributed by atoms with Gasteiger partial charge in [0.05, 0.1) is 5.69 Å². The fourth-order valence-electron chi connectivity index (χ4n) is 2.72. The Hall–Kier alpha value is -0.580. The summed E-state index contributed by atoms with van der Waals surface area (Å²) in [6.45, 7) is 12.7. The molecule has 0 bridgehead atoms. The van der Waals surface area contributed by atoms with Crippen LogP contribution >= 0.6 is 12.4 Å². The van der Waals surface area contributed by atoms with Crippen molar-refractivity contribution >= 4 is 12.4 Å². The quantitative estimate of drug-likeness (QED) is 0.912. The fraction of sp³-hybridized carbons (Fsp3) is 0.769. The molecule has 0 amide bonds. The van der Waals surface area contributed by atoms with Crippen molar-refractivity contribution in [3.63, 3.8) is 0 Å². The lowest BCUT2D eigenvalue weighted by molar-refractivity contribution is 0.317. The number of likely N-dealkylation sites (tertiary alicyclic amines) is 1. The molecule has 0 saturated carbocycles. The molecule has 2 rings (SSSR count). The van der Waals surface area contributed by atoms with E-state index in [1.807, 2.05) is 0 Å². The topological polar surface area (TPSA) is 47.1 Å². The summed E-state index contributed by atoms with van der Waals surface area (Å²) in [5.41, 5.74) is 9.92. The predicted molar refractivity (Wildman–Crippen MR) is 77.0 cm³/mol. The number of nitrogens with zero attached hydrogens (tertiary/aromatic N) is 3. The Labute approximate surface area is 116 Å². The van der Waals surface area contributed by atoms with E-state index in [-0.39, 0.29) is 12.4 Å². The van der Waals surface area contributed by atoms with Gasteiger partial charge in [0.2, 0.25) is 0 Å². The first kappa shape index (κ1) is 15.5. The van der Waals surface area contributed by atoms with Gasteiger partial charge in [0.1, 0.15) is 0 Å². The lowest BCUT2D eigenvalue weighted by atomic mass is 10.1. The Morgan fingerprint density at radius 1 is 1.33 bits per heavy atom. The van der Waals surface area contributed by atoms with Crippen LogP contribution in [0.3, 0.4) is 0 Å². The van der Waals surface area contributed by atoms with Gasteiger partial charge >= 0.3 is 0 Å². The molecular formula is C13H25ClN4. The summed E-state index contributed by atoms with van der Waals surface area (Å²) >= 11 is 0. The average molecular weight is 273 g/mol. The van der Waals surface area contributed by atoms with Gasteiger partial charge in [0.25, 0.3) is 0 Å². The molecule has 1 fully saturated rings. The van der Waals surface area contributed by atoms with E-state index in [4.69, 9.17) is 5.73 Å². The summed E-state index contributed by atoms with van der Waals surface area (Å²) in [5.74, 6) is 0.608. The van der Waals surface area contributed by atoms with Crippen LogP contribution in [-0.4, -0.2) is 33.8 Å². The number of hydrogen-bond donors (Lipinski definition) is 1. The van der Waals surface area contributed by atoms with E-state index in [1.165, 1.54) is 11.3 Å². The Morgan fingerprint density at radius 3 is 2.44 bits per heavy atom. The highest BCUT2D eigenvalue weighted by molar-refractivity contribution is 5.85. The number of nitrogens with two attached hydrogens (primary N) is 1. The third-order valence-electron chi connectivity index (χ3n) is 3.96. The molecule has 0 spiro atoms. The van der Waals surface area contributed by atoms with E-state index in [9.17, 15) is 0 Å². The number of aryl methyl sites for hydroxylation is 2. The number of aromatic nitrogens is 2. The normalized spacial score (nSPS) is 24.3. The molecule has 5 heteroatoms. The van der Waals surface area contributed by atoms with Gasteiger partial charge in [-0.25, -0.2) is 0 Å². The number of hydrogen-bond acceptors (Lipinski definition) is 3. The minimum absolute atomic E-state index is 0. The van der Waals surface area contributed by atoms with E-state index in [2.05, 4.69) is 42.4 Å². The average Bonchev–Trinajstić information content (AvgIpc) is 2.73. The summed E-state index contributed by atoms with van der Waals surface area (Å²) in [5, 5.41) is 4.57. The van der Waals surface area contributed by atoms with Crippen LogP contribution in [0.2, 0.25) is 0 Å². The first-order valence-electron chi connectivity index (χ1n) is 6.53. The zero-order valence-corrected chi connectivity index (χ0v) is 12.6. The standard InChI is InChI=1S/C13H24N4.ClH/c1-5-17-11(4)12(10(3)15-17)7-16-6-9(2)13(14)8-16;/h9,13H,5-8,14H2,1-4H3;1H. The highest BCUT2D eigenvalue weighted by atomic mass is 35.5. The SMILES string of the molecule is CCn1nc(C)c(CN2CC(C)C(N)C2)c1C.Cl. The zero-order valence-electron chi connectivity index (χ0n) is 11.8. The van der Waals surface area contributed by atoms with Crippen LogP contribution in [0.1, 0.15) is 30.8 Å². The molecule has 1 aliphatic rings. The summed E-state index contributed by atoms with van der Waals surface area (Å²) in [6.07, 6.45) is 0. The smallest absolute Gasteiger partial charge is 0.0641 e. The summed E-state index contributed by atoms with van der Waals surface area (Å²) in [7, 11) is 0. The molecule has 0 radical (unpaired) electrons. The van der Waals surface area contributed by atoms with Crippen LogP contribution in [0.4, 0.5) is 0 Å². The van der Waals surface area contributed by atoms with Crippen LogP contribution in [0, 0.1) is 19.8 Å². The maximum Gasteiger partial charge on any atom is 0.0641 e. The van der Waals surface area contributed by atoms with Gasteiger partial charge in [-0.2, -0.15) is 5.10 Å². The van der Waals surface area contributed by atoms with Crippen molar-refractivity contribution in [2.45, 2.75) is 46.8 Å². The van der Waals surface area contributed by atoms with E-state index >= 15 is 0 Å². The lowest BCUT2D eigenvalue weighted by Crippen LogP contribution is -2.28. The highest BCUT2D eigenvalue weighted by Gasteiger charge is 2.27. The molecule has 1 saturated heterocycles. The zero-order chi connectivity index (χ0) is 12.6. The minimum atomic E-state index is 0. The first-order chi connectivity index (χ1) is 8.02. The second-order valence-corrected chi connectivity index (χ2v) is 5.30. The third kappa shape index (κ3) is 2.87. The summed E-state index contributed by atoms with van der Waals surface area (Å²) in [6, 6.07) is 0.330. The third-order valence-corrected chi connectivity index (χ3v) is 3.96. The van der Waals surface area contributed by atoms with Crippen molar-refractivity contribution in [1.29, 1.82) is 0 Å². The number of halogens is 1. The Bertz CT molecular complexity index is 392. The van der Waals surface area contributed by atoms with Gasteiger partial charge in [-0.3, -0.25) is 9.58 Å². The monoisotopic (exact) mass is 272 g/mol. The fourth-order valence-corrected chi connectivity index (χ4v) is 2.72. The van der Waals surface area contributed by atoms with Crippen molar-refractivity contribution in [1.82, 2.24) is 14.7 Å². The summed E-state index contributed by atoms with van der Waals surface area (Å²) < 4.78 is 2.09. The van der Waals surface area contributed by atoms with Crippen LogP contribution < -0.4 is 5.73 Å². The second-order valence-electron chi connectivity index (χ2n) is 5.30. The van der Waals surface area contributed by atoms with E-state index in [0.717, 1.165) is 31.9 Å². The van der Waals surface area contributed by atoms with Crippen LogP contribution in [0.25, 0.3) is 0 Å². The van der Waals surface area contributed by atoms with Gasteiger partial charge in [0, 0.05) is 43.5 Å². The van der Waals surface area contributed by atoms with Crippen molar-refractivity contribution in [3.8, 4) is 0 Å². The largest absolute Gasteiger partial charge is 0.326 e. The molecule has 2 heterocycles. The molecular weight excluding hydrogens is 248 g/mol. The van der Waals surface area contributed by atoms with Crippen molar-refractivity contribution < 1.29 is 0 Å². The number of rotatable bonds is 3.